The first-order valence-electron chi connectivity index (χ1n) is 5.30. The molecule has 18 heavy (non-hydrogen) atoms. The van der Waals surface area contributed by atoms with Gasteiger partial charge in [0.25, 0.3) is 0 Å². The quantitative estimate of drug-likeness (QED) is 0.780. The predicted octanol–water partition coefficient (Wildman–Crippen LogP) is 3.10. The Balaban J connectivity index is 2.67. The fourth-order valence-corrected chi connectivity index (χ4v) is 1.90. The van der Waals surface area contributed by atoms with Gasteiger partial charge in [-0.1, -0.05) is 28.1 Å². The molecule has 0 atom stereocenters. The average Bonchev–Trinajstić information content (AvgIpc) is 2.28. The van der Waals surface area contributed by atoms with Crippen LogP contribution in [0.15, 0.2) is 24.3 Å². The molecular formula is C12H13BrF3NO. The van der Waals surface area contributed by atoms with Crippen molar-refractivity contribution in [2.75, 3.05) is 18.9 Å². The minimum atomic E-state index is -4.34. The van der Waals surface area contributed by atoms with Gasteiger partial charge in [-0.25, -0.2) is 0 Å². The molecule has 1 amide bonds. The van der Waals surface area contributed by atoms with Crippen molar-refractivity contribution in [3.8, 4) is 0 Å². The average molecular weight is 324 g/mol. The summed E-state index contributed by atoms with van der Waals surface area (Å²) in [5.41, 5.74) is -0.123. The van der Waals surface area contributed by atoms with Gasteiger partial charge in [0, 0.05) is 18.9 Å². The zero-order valence-corrected chi connectivity index (χ0v) is 11.4. The molecule has 0 radical (unpaired) electrons. The van der Waals surface area contributed by atoms with Crippen LogP contribution in [0.2, 0.25) is 0 Å². The Labute approximate surface area is 112 Å². The van der Waals surface area contributed by atoms with E-state index in [0.29, 0.717) is 17.4 Å². The van der Waals surface area contributed by atoms with Crippen LogP contribution >= 0.6 is 15.9 Å². The van der Waals surface area contributed by atoms with E-state index in [9.17, 15) is 18.0 Å². The summed E-state index contributed by atoms with van der Waals surface area (Å²) < 4.78 is 37.0. The molecule has 0 unspecified atom stereocenters. The molecule has 0 aliphatic carbocycles. The molecule has 0 saturated carbocycles. The molecular weight excluding hydrogens is 311 g/mol. The molecule has 0 fully saturated rings. The van der Waals surface area contributed by atoms with Crippen LogP contribution in [-0.4, -0.2) is 29.7 Å². The van der Waals surface area contributed by atoms with Crippen LogP contribution in [0.3, 0.4) is 0 Å². The zero-order valence-electron chi connectivity index (χ0n) is 9.80. The van der Waals surface area contributed by atoms with Gasteiger partial charge < -0.3 is 4.90 Å². The van der Waals surface area contributed by atoms with E-state index in [4.69, 9.17) is 0 Å². The topological polar surface area (TPSA) is 20.3 Å². The summed E-state index contributed by atoms with van der Waals surface area (Å²) >= 11 is 3.22. The van der Waals surface area contributed by atoms with Gasteiger partial charge in [0.15, 0.2) is 0 Å². The second-order valence-electron chi connectivity index (χ2n) is 3.88. The van der Waals surface area contributed by atoms with Gasteiger partial charge in [-0.15, -0.1) is 0 Å². The molecule has 1 rings (SSSR count). The molecule has 0 bridgehead atoms. The van der Waals surface area contributed by atoms with Gasteiger partial charge in [0.2, 0.25) is 5.91 Å². The maximum absolute atomic E-state index is 12.3. The fourth-order valence-electron chi connectivity index (χ4n) is 1.37. The fraction of sp³-hybridized carbons (Fsp3) is 0.417. The van der Waals surface area contributed by atoms with Gasteiger partial charge in [-0.3, -0.25) is 4.79 Å². The van der Waals surface area contributed by atoms with Crippen LogP contribution in [0.1, 0.15) is 11.1 Å². The third-order valence-corrected chi connectivity index (χ3v) is 2.84. The van der Waals surface area contributed by atoms with Gasteiger partial charge in [-0.05, 0) is 17.7 Å². The van der Waals surface area contributed by atoms with E-state index in [0.717, 1.165) is 12.1 Å². The van der Waals surface area contributed by atoms with Crippen molar-refractivity contribution in [1.29, 1.82) is 0 Å². The van der Waals surface area contributed by atoms with E-state index in [-0.39, 0.29) is 12.3 Å². The van der Waals surface area contributed by atoms with Crippen LogP contribution in [-0.2, 0) is 17.4 Å². The summed E-state index contributed by atoms with van der Waals surface area (Å²) in [5.74, 6) is -0.116. The van der Waals surface area contributed by atoms with Gasteiger partial charge >= 0.3 is 6.18 Å². The number of nitrogens with zero attached hydrogens (tertiary/aromatic N) is 1. The van der Waals surface area contributed by atoms with Crippen molar-refractivity contribution in [3.05, 3.63) is 35.4 Å². The second kappa shape index (κ2) is 6.22. The first kappa shape index (κ1) is 15.0. The van der Waals surface area contributed by atoms with Gasteiger partial charge in [0.05, 0.1) is 12.0 Å². The Morgan fingerprint density at radius 2 is 1.83 bits per heavy atom. The summed E-state index contributed by atoms with van der Waals surface area (Å²) in [7, 11) is 1.66. The van der Waals surface area contributed by atoms with Crippen molar-refractivity contribution in [2.45, 2.75) is 12.6 Å². The van der Waals surface area contributed by atoms with E-state index < -0.39 is 11.7 Å². The van der Waals surface area contributed by atoms with E-state index in [1.807, 2.05) is 0 Å². The molecule has 100 valence electrons. The molecule has 0 aliphatic heterocycles. The molecule has 0 heterocycles. The van der Waals surface area contributed by atoms with Crippen LogP contribution < -0.4 is 0 Å². The summed E-state index contributed by atoms with van der Waals surface area (Å²) in [4.78, 5) is 13.2. The number of halogens is 4. The molecule has 6 heteroatoms. The summed E-state index contributed by atoms with van der Waals surface area (Å²) in [6.07, 6.45) is -4.23. The highest BCUT2D eigenvalue weighted by molar-refractivity contribution is 9.09. The summed E-state index contributed by atoms with van der Waals surface area (Å²) in [5, 5.41) is 0.669. The largest absolute Gasteiger partial charge is 0.416 e. The Bertz CT molecular complexity index is 403. The lowest BCUT2D eigenvalue weighted by Gasteiger charge is -2.15. The molecule has 0 saturated heterocycles. The lowest BCUT2D eigenvalue weighted by molar-refractivity contribution is -0.137. The number of hydrogen-bond donors (Lipinski definition) is 0. The normalized spacial score (nSPS) is 11.4. The van der Waals surface area contributed by atoms with Crippen LogP contribution in [0.5, 0.6) is 0 Å². The van der Waals surface area contributed by atoms with Crippen molar-refractivity contribution in [1.82, 2.24) is 4.90 Å². The lowest BCUT2D eigenvalue weighted by Crippen LogP contribution is -2.29. The molecule has 0 aliphatic rings. The Morgan fingerprint density at radius 3 is 2.28 bits per heavy atom. The van der Waals surface area contributed by atoms with Crippen LogP contribution in [0.25, 0.3) is 0 Å². The van der Waals surface area contributed by atoms with Crippen LogP contribution in [0.4, 0.5) is 13.2 Å². The highest BCUT2D eigenvalue weighted by atomic mass is 79.9. The van der Waals surface area contributed by atoms with Gasteiger partial charge in [0.1, 0.15) is 0 Å². The second-order valence-corrected chi connectivity index (χ2v) is 4.67. The smallest absolute Gasteiger partial charge is 0.345 e. The number of hydrogen-bond acceptors (Lipinski definition) is 1. The first-order valence-corrected chi connectivity index (χ1v) is 6.43. The Kier molecular flexibility index (Phi) is 5.19. The number of carbonyl (C=O) groups is 1. The molecule has 1 aromatic carbocycles. The maximum Gasteiger partial charge on any atom is 0.416 e. The molecule has 0 N–H and O–H groups in total. The minimum Gasteiger partial charge on any atom is -0.345 e. The highest BCUT2D eigenvalue weighted by Gasteiger charge is 2.29. The predicted molar refractivity (Wildman–Crippen MR) is 66.6 cm³/mol. The Hall–Kier alpha value is -1.04. The number of rotatable bonds is 4. The number of benzene rings is 1. The van der Waals surface area contributed by atoms with E-state index in [2.05, 4.69) is 15.9 Å². The maximum atomic E-state index is 12.3. The zero-order chi connectivity index (χ0) is 13.8. The molecule has 0 spiro atoms. The number of alkyl halides is 4. The van der Waals surface area contributed by atoms with Crippen LogP contribution in [0, 0.1) is 0 Å². The van der Waals surface area contributed by atoms with E-state index >= 15 is 0 Å². The number of amides is 1. The summed E-state index contributed by atoms with van der Waals surface area (Å²) in [6.45, 7) is 0.569. The number of carbonyl (C=O) groups excluding carboxylic acids is 1. The van der Waals surface area contributed by atoms with E-state index in [1.54, 1.807) is 7.05 Å². The minimum absolute atomic E-state index is 0.113. The van der Waals surface area contributed by atoms with E-state index in [1.165, 1.54) is 17.0 Å². The summed E-state index contributed by atoms with van der Waals surface area (Å²) in [6, 6.07) is 4.66. The highest BCUT2D eigenvalue weighted by Crippen LogP contribution is 2.29. The van der Waals surface area contributed by atoms with Crippen molar-refractivity contribution < 1.29 is 18.0 Å². The molecule has 1 aromatic rings. The first-order chi connectivity index (χ1) is 8.34. The Morgan fingerprint density at radius 1 is 1.28 bits per heavy atom. The monoisotopic (exact) mass is 323 g/mol. The standard InChI is InChI=1S/C12H13BrF3NO/c1-17(7-6-13)11(18)8-9-2-4-10(5-3-9)12(14,15)16/h2-5H,6-8H2,1H3. The third kappa shape index (κ3) is 4.33. The third-order valence-electron chi connectivity index (χ3n) is 2.48. The molecule has 2 nitrogen and oxygen atoms in total. The molecule has 0 aromatic heterocycles. The number of likely N-dealkylation sites (N-methyl/N-ethyl adjacent to an activating group) is 1. The van der Waals surface area contributed by atoms with Crippen molar-refractivity contribution >= 4 is 21.8 Å². The van der Waals surface area contributed by atoms with Crippen molar-refractivity contribution in [2.24, 2.45) is 0 Å². The van der Waals surface area contributed by atoms with Gasteiger partial charge in [-0.2, -0.15) is 13.2 Å². The van der Waals surface area contributed by atoms with Crippen molar-refractivity contribution in [3.63, 3.8) is 0 Å². The lowest BCUT2D eigenvalue weighted by atomic mass is 10.1. The SMILES string of the molecule is CN(CCBr)C(=O)Cc1ccc(C(F)(F)F)cc1.